The Kier molecular flexibility index (Phi) is 3.64. The fourth-order valence-corrected chi connectivity index (χ4v) is 2.20. The summed E-state index contributed by atoms with van der Waals surface area (Å²) in [6, 6.07) is 10.7. The third-order valence-electron chi connectivity index (χ3n) is 2.85. The molecule has 104 valence electrons. The highest BCUT2D eigenvalue weighted by atomic mass is 79.9. The first-order valence-corrected chi connectivity index (χ1v) is 6.94. The van der Waals surface area contributed by atoms with E-state index in [4.69, 9.17) is 13.9 Å². The van der Waals surface area contributed by atoms with Gasteiger partial charge in [0.1, 0.15) is 12.7 Å². The van der Waals surface area contributed by atoms with Crippen molar-refractivity contribution in [2.75, 3.05) is 13.2 Å². The number of hydrogen-bond acceptors (Lipinski definition) is 4. The molecule has 6 heteroatoms. The molecule has 0 radical (unpaired) electrons. The minimum Gasteiger partial charge on any atom is -0.486 e. The second kappa shape index (κ2) is 5.58. The fraction of sp³-hybridized carbons (Fsp3) is 0.214. The van der Waals surface area contributed by atoms with Gasteiger partial charge < -0.3 is 19.2 Å². The van der Waals surface area contributed by atoms with Gasteiger partial charge in [-0.05, 0) is 40.2 Å². The molecule has 2 aromatic rings. The molecule has 20 heavy (non-hydrogen) atoms. The van der Waals surface area contributed by atoms with Gasteiger partial charge in [-0.25, -0.2) is 0 Å². The Bertz CT molecular complexity index is 625. The van der Waals surface area contributed by atoms with Crippen LogP contribution in [0.3, 0.4) is 0 Å². The zero-order valence-corrected chi connectivity index (χ0v) is 12.1. The van der Waals surface area contributed by atoms with Gasteiger partial charge in [-0.15, -0.1) is 0 Å². The van der Waals surface area contributed by atoms with E-state index in [0.29, 0.717) is 23.6 Å². The van der Waals surface area contributed by atoms with Crippen molar-refractivity contribution in [3.63, 3.8) is 0 Å². The van der Waals surface area contributed by atoms with Crippen molar-refractivity contribution < 1.29 is 18.7 Å². The van der Waals surface area contributed by atoms with Crippen LogP contribution in [-0.4, -0.2) is 25.2 Å². The average Bonchev–Trinajstić information content (AvgIpc) is 2.91. The van der Waals surface area contributed by atoms with Crippen molar-refractivity contribution in [3.05, 3.63) is 46.8 Å². The Balaban J connectivity index is 1.56. The molecule has 0 saturated heterocycles. The number of hydrogen-bond donors (Lipinski definition) is 1. The van der Waals surface area contributed by atoms with Gasteiger partial charge in [0.2, 0.25) is 0 Å². The van der Waals surface area contributed by atoms with Crippen molar-refractivity contribution in [2.45, 2.75) is 6.10 Å². The van der Waals surface area contributed by atoms with Crippen LogP contribution in [0.1, 0.15) is 10.6 Å². The fourth-order valence-electron chi connectivity index (χ4n) is 1.89. The van der Waals surface area contributed by atoms with Gasteiger partial charge in [0.05, 0.1) is 6.54 Å². The zero-order valence-electron chi connectivity index (χ0n) is 10.5. The van der Waals surface area contributed by atoms with Gasteiger partial charge in [-0.3, -0.25) is 4.79 Å². The number of rotatable bonds is 3. The highest BCUT2D eigenvalue weighted by Crippen LogP contribution is 2.30. The summed E-state index contributed by atoms with van der Waals surface area (Å²) in [5.41, 5.74) is 0. The molecule has 0 aliphatic carbocycles. The van der Waals surface area contributed by atoms with E-state index < -0.39 is 0 Å². The number of amides is 1. The Hall–Kier alpha value is -1.95. The lowest BCUT2D eigenvalue weighted by atomic mass is 10.2. The van der Waals surface area contributed by atoms with E-state index in [-0.39, 0.29) is 17.8 Å². The summed E-state index contributed by atoms with van der Waals surface area (Å²) in [6.45, 7) is 0.755. The molecule has 0 fully saturated rings. The van der Waals surface area contributed by atoms with Crippen LogP contribution in [0.4, 0.5) is 0 Å². The molecule has 2 heterocycles. The molecule has 3 rings (SSSR count). The van der Waals surface area contributed by atoms with Crippen molar-refractivity contribution in [1.29, 1.82) is 0 Å². The van der Waals surface area contributed by atoms with E-state index in [9.17, 15) is 4.79 Å². The molecule has 1 aromatic heterocycles. The first-order valence-electron chi connectivity index (χ1n) is 6.14. The molecule has 0 bridgehead atoms. The lowest BCUT2D eigenvalue weighted by molar-refractivity contribution is 0.0772. The highest BCUT2D eigenvalue weighted by molar-refractivity contribution is 9.10. The second-order valence-electron chi connectivity index (χ2n) is 4.31. The molecule has 1 atom stereocenters. The zero-order chi connectivity index (χ0) is 13.9. The van der Waals surface area contributed by atoms with Crippen molar-refractivity contribution >= 4 is 21.8 Å². The Morgan fingerprint density at radius 3 is 2.80 bits per heavy atom. The largest absolute Gasteiger partial charge is 0.486 e. The number of nitrogens with one attached hydrogen (secondary N) is 1. The van der Waals surface area contributed by atoms with E-state index in [1.807, 2.05) is 24.3 Å². The number of fused-ring (bicyclic) bond motifs is 1. The predicted octanol–water partition coefficient (Wildman–Crippen LogP) is 2.61. The maximum absolute atomic E-state index is 11.8. The monoisotopic (exact) mass is 337 g/mol. The van der Waals surface area contributed by atoms with E-state index in [0.717, 1.165) is 5.75 Å². The second-order valence-corrected chi connectivity index (χ2v) is 5.09. The van der Waals surface area contributed by atoms with Crippen LogP contribution < -0.4 is 14.8 Å². The van der Waals surface area contributed by atoms with Gasteiger partial charge in [0, 0.05) is 0 Å². The first kappa shape index (κ1) is 13.1. The molecule has 1 aliphatic heterocycles. The lowest BCUT2D eigenvalue weighted by Gasteiger charge is -2.26. The Labute approximate surface area is 124 Å². The predicted molar refractivity (Wildman–Crippen MR) is 75.1 cm³/mol. The number of benzene rings is 1. The van der Waals surface area contributed by atoms with E-state index in [1.54, 1.807) is 12.1 Å². The van der Waals surface area contributed by atoms with E-state index in [1.165, 1.54) is 0 Å². The van der Waals surface area contributed by atoms with Crippen LogP contribution in [0.5, 0.6) is 11.5 Å². The maximum atomic E-state index is 11.8. The van der Waals surface area contributed by atoms with Crippen LogP contribution in [0.2, 0.25) is 0 Å². The summed E-state index contributed by atoms with van der Waals surface area (Å²) >= 11 is 3.15. The number of carbonyl (C=O) groups excluding carboxylic acids is 1. The summed E-state index contributed by atoms with van der Waals surface area (Å²) < 4.78 is 17.0. The van der Waals surface area contributed by atoms with Gasteiger partial charge >= 0.3 is 0 Å². The average molecular weight is 338 g/mol. The molecule has 0 spiro atoms. The molecule has 1 unspecified atom stereocenters. The summed E-state index contributed by atoms with van der Waals surface area (Å²) in [5.74, 6) is 1.40. The maximum Gasteiger partial charge on any atom is 0.287 e. The molecular weight excluding hydrogens is 326 g/mol. The van der Waals surface area contributed by atoms with Crippen LogP contribution in [0.15, 0.2) is 45.5 Å². The quantitative estimate of drug-likeness (QED) is 0.935. The molecule has 1 amide bonds. The van der Waals surface area contributed by atoms with Gasteiger partial charge in [0.15, 0.2) is 21.9 Å². The minimum absolute atomic E-state index is 0.216. The molecule has 1 N–H and O–H groups in total. The SMILES string of the molecule is O=C(NCC1COc2ccccc2O1)c1ccc(Br)o1. The molecule has 5 nitrogen and oxygen atoms in total. The molecule has 1 aliphatic rings. The van der Waals surface area contributed by atoms with Gasteiger partial charge in [-0.1, -0.05) is 12.1 Å². The third kappa shape index (κ3) is 2.80. The van der Waals surface area contributed by atoms with Crippen LogP contribution in [-0.2, 0) is 0 Å². The molecular formula is C14H12BrNO4. The van der Waals surface area contributed by atoms with Gasteiger partial charge in [0.25, 0.3) is 5.91 Å². The molecule has 1 aromatic carbocycles. The van der Waals surface area contributed by atoms with Crippen LogP contribution >= 0.6 is 15.9 Å². The normalized spacial score (nSPS) is 16.8. The Morgan fingerprint density at radius 2 is 2.05 bits per heavy atom. The number of para-hydroxylation sites is 2. The summed E-state index contributed by atoms with van der Waals surface area (Å²) in [7, 11) is 0. The van der Waals surface area contributed by atoms with Gasteiger partial charge in [-0.2, -0.15) is 0 Å². The number of carbonyl (C=O) groups is 1. The van der Waals surface area contributed by atoms with E-state index >= 15 is 0 Å². The lowest BCUT2D eigenvalue weighted by Crippen LogP contribution is -2.40. The van der Waals surface area contributed by atoms with E-state index in [2.05, 4.69) is 21.2 Å². The standard InChI is InChI=1S/C14H12BrNO4/c15-13-6-5-12(20-13)14(17)16-7-9-8-18-10-3-1-2-4-11(10)19-9/h1-6,9H,7-8H2,(H,16,17). The summed E-state index contributed by atoms with van der Waals surface area (Å²) in [5, 5.41) is 2.75. The summed E-state index contributed by atoms with van der Waals surface area (Å²) in [4.78, 5) is 11.8. The first-order chi connectivity index (χ1) is 9.72. The summed E-state index contributed by atoms with van der Waals surface area (Å²) in [6.07, 6.45) is -0.216. The van der Waals surface area contributed by atoms with Crippen LogP contribution in [0, 0.1) is 0 Å². The van der Waals surface area contributed by atoms with Crippen LogP contribution in [0.25, 0.3) is 0 Å². The highest BCUT2D eigenvalue weighted by Gasteiger charge is 2.21. The number of halogens is 1. The molecule has 0 saturated carbocycles. The number of furan rings is 1. The van der Waals surface area contributed by atoms with Crippen molar-refractivity contribution in [3.8, 4) is 11.5 Å². The third-order valence-corrected chi connectivity index (χ3v) is 3.28. The minimum atomic E-state index is -0.279. The van der Waals surface area contributed by atoms with Crippen molar-refractivity contribution in [2.24, 2.45) is 0 Å². The Morgan fingerprint density at radius 1 is 1.25 bits per heavy atom. The topological polar surface area (TPSA) is 60.7 Å². The smallest absolute Gasteiger partial charge is 0.287 e. The number of ether oxygens (including phenoxy) is 2. The van der Waals surface area contributed by atoms with Crippen molar-refractivity contribution in [1.82, 2.24) is 5.32 Å².